The van der Waals surface area contributed by atoms with Crippen LogP contribution in [-0.4, -0.2) is 74.9 Å². The predicted molar refractivity (Wildman–Crippen MR) is 229 cm³/mol. The van der Waals surface area contributed by atoms with Crippen LogP contribution in [0.4, 0.5) is 0 Å². The Balaban J connectivity index is 4.36. The summed E-state index contributed by atoms with van der Waals surface area (Å²) in [5, 5.41) is 0. The summed E-state index contributed by atoms with van der Waals surface area (Å²) in [6.07, 6.45) is 41.8. The van der Waals surface area contributed by atoms with Gasteiger partial charge in [0.05, 0.1) is 27.7 Å². The number of unbranched alkanes of at least 4 members (excludes halogenated alkanes) is 20. The maximum absolute atomic E-state index is 12.7. The standard InChI is InChI=1S/C45H84NO8P/c1-6-8-10-12-14-16-18-20-22-23-24-26-27-29-31-33-35-37-44(47)51-41-43(42-53-55(49,50)52-40-39-46(3,4)5)54-45(48)38-36-34-32-30-28-25-21-19-17-15-13-11-9-7-2/h13,15,19-22,43H,6-12,14,16-18,23-42H2,1-5H3/p+1/b15-13+,21-19+,22-20+/t43-/m1/s1. The molecule has 0 heterocycles. The van der Waals surface area contributed by atoms with Gasteiger partial charge >= 0.3 is 19.8 Å². The number of ether oxygens (including phenoxy) is 2. The van der Waals surface area contributed by atoms with Crippen LogP contribution in [-0.2, 0) is 32.7 Å². The van der Waals surface area contributed by atoms with Crippen LogP contribution in [0.15, 0.2) is 36.5 Å². The normalized spacial score (nSPS) is 13.9. The fourth-order valence-corrected chi connectivity index (χ4v) is 6.59. The Morgan fingerprint density at radius 2 is 1.00 bits per heavy atom. The molecular weight excluding hydrogens is 713 g/mol. The van der Waals surface area contributed by atoms with Crippen molar-refractivity contribution in [3.8, 4) is 0 Å². The van der Waals surface area contributed by atoms with E-state index in [1.54, 1.807) is 0 Å². The second-order valence-electron chi connectivity index (χ2n) is 16.1. The number of hydrogen-bond acceptors (Lipinski definition) is 7. The molecule has 55 heavy (non-hydrogen) atoms. The minimum Gasteiger partial charge on any atom is -0.462 e. The van der Waals surface area contributed by atoms with Gasteiger partial charge in [-0.2, -0.15) is 0 Å². The molecule has 0 amide bonds. The maximum atomic E-state index is 12.7. The predicted octanol–water partition coefficient (Wildman–Crippen LogP) is 12.5. The molecule has 0 aromatic rings. The number of likely N-dealkylation sites (N-methyl/N-ethyl adjacent to an activating group) is 1. The molecule has 0 aliphatic carbocycles. The van der Waals surface area contributed by atoms with Gasteiger partial charge in [-0.3, -0.25) is 18.6 Å². The Labute approximate surface area is 338 Å². The molecule has 1 N–H and O–H groups in total. The van der Waals surface area contributed by atoms with Crippen LogP contribution in [0.2, 0.25) is 0 Å². The van der Waals surface area contributed by atoms with Crippen molar-refractivity contribution >= 4 is 19.8 Å². The van der Waals surface area contributed by atoms with Crippen LogP contribution < -0.4 is 0 Å². The fraction of sp³-hybridized carbons (Fsp3) is 0.822. The Bertz CT molecular complexity index is 1040. The van der Waals surface area contributed by atoms with Crippen LogP contribution >= 0.6 is 7.82 Å². The zero-order valence-electron chi connectivity index (χ0n) is 36.2. The third kappa shape index (κ3) is 41.7. The van der Waals surface area contributed by atoms with Crippen molar-refractivity contribution in [1.82, 2.24) is 0 Å². The first-order valence-corrected chi connectivity index (χ1v) is 23.7. The Morgan fingerprint density at radius 1 is 0.564 bits per heavy atom. The first-order valence-electron chi connectivity index (χ1n) is 22.2. The van der Waals surface area contributed by atoms with E-state index in [9.17, 15) is 19.0 Å². The Kier molecular flexibility index (Phi) is 36.6. The Morgan fingerprint density at radius 3 is 1.51 bits per heavy atom. The zero-order valence-corrected chi connectivity index (χ0v) is 37.1. The van der Waals surface area contributed by atoms with Crippen molar-refractivity contribution in [3.63, 3.8) is 0 Å². The summed E-state index contributed by atoms with van der Waals surface area (Å²) in [4.78, 5) is 35.3. The van der Waals surface area contributed by atoms with Crippen LogP contribution in [0.1, 0.15) is 187 Å². The van der Waals surface area contributed by atoms with Gasteiger partial charge in [0, 0.05) is 12.8 Å². The lowest BCUT2D eigenvalue weighted by Gasteiger charge is -2.24. The molecule has 10 heteroatoms. The van der Waals surface area contributed by atoms with Gasteiger partial charge < -0.3 is 18.9 Å². The van der Waals surface area contributed by atoms with Gasteiger partial charge in [0.15, 0.2) is 6.10 Å². The molecule has 0 saturated carbocycles. The van der Waals surface area contributed by atoms with Gasteiger partial charge in [0.1, 0.15) is 19.8 Å². The molecule has 0 rings (SSSR count). The third-order valence-corrected chi connectivity index (χ3v) is 10.4. The van der Waals surface area contributed by atoms with Gasteiger partial charge in [-0.1, -0.05) is 147 Å². The monoisotopic (exact) mass is 799 g/mol. The summed E-state index contributed by atoms with van der Waals surface area (Å²) in [5.74, 6) is -0.819. The number of esters is 2. The quantitative estimate of drug-likeness (QED) is 0.0215. The van der Waals surface area contributed by atoms with E-state index < -0.39 is 26.5 Å². The zero-order chi connectivity index (χ0) is 40.7. The van der Waals surface area contributed by atoms with Gasteiger partial charge in [-0.25, -0.2) is 4.57 Å². The fourth-order valence-electron chi connectivity index (χ4n) is 5.85. The van der Waals surface area contributed by atoms with Gasteiger partial charge in [0.2, 0.25) is 0 Å². The van der Waals surface area contributed by atoms with Crippen molar-refractivity contribution in [2.24, 2.45) is 0 Å². The molecule has 0 aromatic carbocycles. The number of rotatable bonds is 40. The van der Waals surface area contributed by atoms with Crippen LogP contribution in [0, 0.1) is 0 Å². The highest BCUT2D eigenvalue weighted by molar-refractivity contribution is 7.47. The summed E-state index contributed by atoms with van der Waals surface area (Å²) < 4.78 is 34.3. The van der Waals surface area contributed by atoms with E-state index in [1.807, 2.05) is 21.1 Å². The summed E-state index contributed by atoms with van der Waals surface area (Å²) in [5.41, 5.74) is 0. The summed E-state index contributed by atoms with van der Waals surface area (Å²) >= 11 is 0. The van der Waals surface area contributed by atoms with E-state index in [0.29, 0.717) is 17.4 Å². The Hall–Kier alpha value is -1.77. The molecular formula is C45H85NO8P+. The molecule has 0 spiro atoms. The van der Waals surface area contributed by atoms with Crippen molar-refractivity contribution < 1.29 is 42.1 Å². The highest BCUT2D eigenvalue weighted by Crippen LogP contribution is 2.43. The second kappa shape index (κ2) is 37.8. The summed E-state index contributed by atoms with van der Waals surface area (Å²) in [6, 6.07) is 0. The third-order valence-electron chi connectivity index (χ3n) is 9.39. The molecule has 1 unspecified atom stereocenters. The SMILES string of the molecule is CCCC/C=C/C/C=C/CCCCCCCC(=O)O[C@H](COC(=O)CCCCCCCCC/C=C/CCCCCCCC)COP(=O)(O)OCC[N+](C)(C)C. The topological polar surface area (TPSA) is 108 Å². The molecule has 0 radical (unpaired) electrons. The van der Waals surface area contributed by atoms with Crippen molar-refractivity contribution in [2.75, 3.05) is 47.5 Å². The molecule has 9 nitrogen and oxygen atoms in total. The molecule has 0 aromatic heterocycles. The molecule has 0 saturated heterocycles. The molecule has 0 bridgehead atoms. The van der Waals surface area contributed by atoms with Crippen LogP contribution in [0.3, 0.4) is 0 Å². The number of phosphoric acid groups is 1. The highest BCUT2D eigenvalue weighted by Gasteiger charge is 2.27. The lowest BCUT2D eigenvalue weighted by molar-refractivity contribution is -0.870. The maximum Gasteiger partial charge on any atom is 0.472 e. The van der Waals surface area contributed by atoms with Crippen LogP contribution in [0.5, 0.6) is 0 Å². The van der Waals surface area contributed by atoms with E-state index in [2.05, 4.69) is 50.3 Å². The number of quaternary nitrogens is 1. The van der Waals surface area contributed by atoms with Crippen molar-refractivity contribution in [2.45, 2.75) is 193 Å². The minimum atomic E-state index is -4.38. The van der Waals surface area contributed by atoms with E-state index in [4.69, 9.17) is 18.5 Å². The van der Waals surface area contributed by atoms with Gasteiger partial charge in [0.25, 0.3) is 0 Å². The van der Waals surface area contributed by atoms with Gasteiger partial charge in [-0.05, 0) is 64.2 Å². The molecule has 322 valence electrons. The van der Waals surface area contributed by atoms with Crippen molar-refractivity contribution in [1.29, 1.82) is 0 Å². The van der Waals surface area contributed by atoms with E-state index in [1.165, 1.54) is 89.9 Å². The van der Waals surface area contributed by atoms with Gasteiger partial charge in [-0.15, -0.1) is 0 Å². The average Bonchev–Trinajstić information content (AvgIpc) is 3.13. The first kappa shape index (κ1) is 53.2. The van der Waals surface area contributed by atoms with E-state index in [-0.39, 0.29) is 32.0 Å². The number of nitrogens with zero attached hydrogens (tertiary/aromatic N) is 1. The number of carbonyl (C=O) groups excluding carboxylic acids is 2. The summed E-state index contributed by atoms with van der Waals surface area (Å²) in [6.45, 7) is 4.36. The number of allylic oxidation sites excluding steroid dienone is 6. The second-order valence-corrected chi connectivity index (χ2v) is 17.5. The number of phosphoric ester groups is 1. The lowest BCUT2D eigenvalue weighted by Crippen LogP contribution is -2.37. The molecule has 0 aliphatic heterocycles. The summed E-state index contributed by atoms with van der Waals surface area (Å²) in [7, 11) is 1.46. The smallest absolute Gasteiger partial charge is 0.462 e. The van der Waals surface area contributed by atoms with E-state index in [0.717, 1.165) is 64.2 Å². The largest absolute Gasteiger partial charge is 0.472 e. The lowest BCUT2D eigenvalue weighted by atomic mass is 10.1. The highest BCUT2D eigenvalue weighted by atomic mass is 31.2. The molecule has 2 atom stereocenters. The molecule has 0 fully saturated rings. The number of carbonyl (C=O) groups is 2. The first-order chi connectivity index (χ1) is 26.5. The van der Waals surface area contributed by atoms with Crippen molar-refractivity contribution in [3.05, 3.63) is 36.5 Å². The van der Waals surface area contributed by atoms with Crippen LogP contribution in [0.25, 0.3) is 0 Å². The minimum absolute atomic E-state index is 0.0280. The molecule has 0 aliphatic rings. The van der Waals surface area contributed by atoms with E-state index >= 15 is 0 Å². The number of hydrogen-bond donors (Lipinski definition) is 1. The average molecular weight is 799 g/mol.